The van der Waals surface area contributed by atoms with Gasteiger partial charge in [0.2, 0.25) is 5.91 Å². The van der Waals surface area contributed by atoms with E-state index in [0.717, 1.165) is 29.1 Å². The molecule has 3 N–H and O–H groups in total. The molecule has 0 aromatic heterocycles. The maximum atomic E-state index is 13.7. The number of carbonyl (C=O) groups excluding carboxylic acids is 1. The summed E-state index contributed by atoms with van der Waals surface area (Å²) in [6.07, 6.45) is 2.31. The highest BCUT2D eigenvalue weighted by molar-refractivity contribution is 8.21. The molecule has 1 amide bonds. The van der Waals surface area contributed by atoms with Crippen LogP contribution in [-0.4, -0.2) is 56.7 Å². The number of carbonyl (C=O) groups is 1. The van der Waals surface area contributed by atoms with Crippen molar-refractivity contribution in [2.75, 3.05) is 24.7 Å². The van der Waals surface area contributed by atoms with Gasteiger partial charge in [0, 0.05) is 36.4 Å². The molecule has 2 unspecified atom stereocenters. The molecule has 2 saturated heterocycles. The van der Waals surface area contributed by atoms with Crippen molar-refractivity contribution in [3.05, 3.63) is 34.9 Å². The summed E-state index contributed by atoms with van der Waals surface area (Å²) in [6.45, 7) is 0.598. The standard InChI is InChI=1S/C19H24F2N2O2S2/c20-15-5-11-1-2-13(14(11)6-16(15)21)17(22)7-18(25)23-10-19(8-12(23)9-24)26-3-4-27-19/h5-6,12-13,17,24H,1-4,7-10,22H2/t12-,13?,17?/m0/s1. The van der Waals surface area contributed by atoms with Gasteiger partial charge in [-0.1, -0.05) is 0 Å². The van der Waals surface area contributed by atoms with E-state index in [-0.39, 0.29) is 35.0 Å². The number of benzene rings is 1. The number of hydrogen-bond donors (Lipinski definition) is 2. The molecule has 2 aliphatic heterocycles. The van der Waals surface area contributed by atoms with Crippen LogP contribution in [0.5, 0.6) is 0 Å². The molecule has 4 nitrogen and oxygen atoms in total. The number of amides is 1. The minimum atomic E-state index is -0.865. The molecule has 2 fully saturated rings. The third-order valence-electron chi connectivity index (χ3n) is 5.98. The van der Waals surface area contributed by atoms with Crippen molar-refractivity contribution in [3.63, 3.8) is 0 Å². The summed E-state index contributed by atoms with van der Waals surface area (Å²) in [4.78, 5) is 14.7. The zero-order chi connectivity index (χ0) is 19.2. The van der Waals surface area contributed by atoms with E-state index < -0.39 is 17.7 Å². The molecule has 8 heteroatoms. The molecule has 3 aliphatic rings. The molecule has 4 rings (SSSR count). The maximum Gasteiger partial charge on any atom is 0.224 e. The number of hydrogen-bond acceptors (Lipinski definition) is 5. The molecule has 2 heterocycles. The average Bonchev–Trinajstić information content (AvgIpc) is 3.35. The summed E-state index contributed by atoms with van der Waals surface area (Å²) in [7, 11) is 0. The largest absolute Gasteiger partial charge is 0.394 e. The van der Waals surface area contributed by atoms with E-state index in [2.05, 4.69) is 0 Å². The van der Waals surface area contributed by atoms with E-state index in [4.69, 9.17) is 5.73 Å². The Morgan fingerprint density at radius 2 is 2.04 bits per heavy atom. The van der Waals surface area contributed by atoms with Crippen LogP contribution in [0, 0.1) is 11.6 Å². The number of aliphatic hydroxyl groups excluding tert-OH is 1. The Morgan fingerprint density at radius 3 is 2.74 bits per heavy atom. The van der Waals surface area contributed by atoms with Crippen LogP contribution in [0.3, 0.4) is 0 Å². The van der Waals surface area contributed by atoms with Crippen LogP contribution in [0.25, 0.3) is 0 Å². The van der Waals surface area contributed by atoms with Crippen LogP contribution in [0.2, 0.25) is 0 Å². The second kappa shape index (κ2) is 7.54. The summed E-state index contributed by atoms with van der Waals surface area (Å²) >= 11 is 3.76. The monoisotopic (exact) mass is 414 g/mol. The second-order valence-corrected chi connectivity index (χ2v) is 10.9. The number of halogens is 2. The molecule has 0 radical (unpaired) electrons. The molecule has 1 spiro atoms. The van der Waals surface area contributed by atoms with Gasteiger partial charge < -0.3 is 15.7 Å². The van der Waals surface area contributed by atoms with Gasteiger partial charge in [0.15, 0.2) is 11.6 Å². The van der Waals surface area contributed by atoms with Crippen molar-refractivity contribution in [1.82, 2.24) is 4.90 Å². The van der Waals surface area contributed by atoms with Gasteiger partial charge in [0.1, 0.15) is 0 Å². The molecule has 0 saturated carbocycles. The lowest BCUT2D eigenvalue weighted by Gasteiger charge is -2.27. The quantitative estimate of drug-likeness (QED) is 0.792. The maximum absolute atomic E-state index is 13.7. The Bertz CT molecular complexity index is 743. The smallest absolute Gasteiger partial charge is 0.224 e. The molecule has 1 aromatic rings. The third-order valence-corrected chi connectivity index (χ3v) is 9.40. The Kier molecular flexibility index (Phi) is 5.44. The van der Waals surface area contributed by atoms with Crippen molar-refractivity contribution in [1.29, 1.82) is 0 Å². The van der Waals surface area contributed by atoms with E-state index in [1.54, 1.807) is 4.90 Å². The molecular formula is C19H24F2N2O2S2. The highest BCUT2D eigenvalue weighted by Crippen LogP contribution is 2.51. The van der Waals surface area contributed by atoms with Gasteiger partial charge in [-0.25, -0.2) is 8.78 Å². The van der Waals surface area contributed by atoms with Crippen LogP contribution in [0.4, 0.5) is 8.78 Å². The highest BCUT2D eigenvalue weighted by Gasteiger charge is 2.48. The summed E-state index contributed by atoms with van der Waals surface area (Å²) in [5.74, 6) is 0.257. The fraction of sp³-hybridized carbons (Fsp3) is 0.632. The number of nitrogens with two attached hydrogens (primary N) is 1. The molecule has 1 aromatic carbocycles. The van der Waals surface area contributed by atoms with Crippen LogP contribution in [-0.2, 0) is 11.2 Å². The topological polar surface area (TPSA) is 66.6 Å². The first-order chi connectivity index (χ1) is 12.9. The van der Waals surface area contributed by atoms with Gasteiger partial charge in [-0.3, -0.25) is 4.79 Å². The fourth-order valence-electron chi connectivity index (χ4n) is 4.62. The summed E-state index contributed by atoms with van der Waals surface area (Å²) in [5.41, 5.74) is 7.86. The lowest BCUT2D eigenvalue weighted by atomic mass is 9.91. The van der Waals surface area contributed by atoms with Crippen molar-refractivity contribution >= 4 is 29.4 Å². The van der Waals surface area contributed by atoms with E-state index in [0.29, 0.717) is 19.4 Å². The molecule has 148 valence electrons. The fourth-order valence-corrected chi connectivity index (χ4v) is 7.95. The SMILES string of the molecule is NC(CC(=O)N1CC2(C[C@H]1CO)SCCS2)C1CCc2cc(F)c(F)cc21. The van der Waals surface area contributed by atoms with Crippen molar-refractivity contribution < 1.29 is 18.7 Å². The number of thioether (sulfide) groups is 2. The first-order valence-electron chi connectivity index (χ1n) is 9.34. The normalized spacial score (nSPS) is 27.3. The molecule has 0 bridgehead atoms. The molecular weight excluding hydrogens is 390 g/mol. The summed E-state index contributed by atoms with van der Waals surface area (Å²) < 4.78 is 27.1. The van der Waals surface area contributed by atoms with Crippen LogP contribution >= 0.6 is 23.5 Å². The second-order valence-electron chi connectivity index (χ2n) is 7.65. The lowest BCUT2D eigenvalue weighted by Crippen LogP contribution is -2.42. The van der Waals surface area contributed by atoms with Gasteiger partial charge in [0.05, 0.1) is 16.7 Å². The average molecular weight is 415 g/mol. The summed E-state index contributed by atoms with van der Waals surface area (Å²) in [6, 6.07) is 1.88. The van der Waals surface area contributed by atoms with E-state index in [9.17, 15) is 18.7 Å². The number of aryl methyl sites for hydroxylation is 1. The van der Waals surface area contributed by atoms with Gasteiger partial charge >= 0.3 is 0 Å². The van der Waals surface area contributed by atoms with Crippen molar-refractivity contribution in [2.24, 2.45) is 5.73 Å². The van der Waals surface area contributed by atoms with Gasteiger partial charge in [-0.05, 0) is 42.5 Å². The lowest BCUT2D eigenvalue weighted by molar-refractivity contribution is -0.133. The number of likely N-dealkylation sites (tertiary alicyclic amines) is 1. The molecule has 27 heavy (non-hydrogen) atoms. The Hall–Kier alpha value is -0.830. The van der Waals surface area contributed by atoms with Gasteiger partial charge in [-0.15, -0.1) is 23.5 Å². The van der Waals surface area contributed by atoms with Crippen LogP contribution < -0.4 is 5.73 Å². The van der Waals surface area contributed by atoms with E-state index >= 15 is 0 Å². The van der Waals surface area contributed by atoms with Crippen molar-refractivity contribution in [2.45, 2.75) is 47.8 Å². The predicted molar refractivity (Wildman–Crippen MR) is 105 cm³/mol. The zero-order valence-corrected chi connectivity index (χ0v) is 16.6. The van der Waals surface area contributed by atoms with Crippen LogP contribution in [0.15, 0.2) is 12.1 Å². The Morgan fingerprint density at radius 1 is 1.33 bits per heavy atom. The van der Waals surface area contributed by atoms with Crippen LogP contribution in [0.1, 0.15) is 36.3 Å². The number of nitrogens with zero attached hydrogens (tertiary/aromatic N) is 1. The number of aliphatic hydroxyl groups is 1. The van der Waals surface area contributed by atoms with E-state index in [1.807, 2.05) is 23.5 Å². The van der Waals surface area contributed by atoms with Gasteiger partial charge in [-0.2, -0.15) is 0 Å². The minimum Gasteiger partial charge on any atom is -0.394 e. The Balaban J connectivity index is 1.45. The number of fused-ring (bicyclic) bond motifs is 1. The molecule has 1 aliphatic carbocycles. The highest BCUT2D eigenvalue weighted by atomic mass is 32.2. The Labute approximate surface area is 166 Å². The van der Waals surface area contributed by atoms with Gasteiger partial charge in [0.25, 0.3) is 0 Å². The van der Waals surface area contributed by atoms with Crippen molar-refractivity contribution in [3.8, 4) is 0 Å². The summed E-state index contributed by atoms with van der Waals surface area (Å²) in [5, 5.41) is 9.74. The zero-order valence-electron chi connectivity index (χ0n) is 15.0. The number of rotatable bonds is 4. The van der Waals surface area contributed by atoms with E-state index in [1.165, 1.54) is 12.1 Å². The predicted octanol–water partition coefficient (Wildman–Crippen LogP) is 2.48. The third kappa shape index (κ3) is 3.61. The minimum absolute atomic E-state index is 0.00770. The molecule has 3 atom stereocenters. The first-order valence-corrected chi connectivity index (χ1v) is 11.3. The first kappa shape index (κ1) is 19.5.